The quantitative estimate of drug-likeness (QED) is 0.728. The van der Waals surface area contributed by atoms with Crippen LogP contribution in [0.4, 0.5) is 0 Å². The second kappa shape index (κ2) is 3.74. The Morgan fingerprint density at radius 2 is 2.21 bits per heavy atom. The smallest absolute Gasteiger partial charge is 0.361 e. The van der Waals surface area contributed by atoms with Crippen LogP contribution in [0.15, 0.2) is 42.7 Å². The van der Waals surface area contributed by atoms with Crippen molar-refractivity contribution in [2.45, 2.75) is 0 Å². The van der Waals surface area contributed by atoms with Gasteiger partial charge in [-0.25, -0.2) is 9.78 Å². The number of aromatic amines is 1. The molecule has 4 heteroatoms. The van der Waals surface area contributed by atoms with Crippen LogP contribution in [0.3, 0.4) is 0 Å². The molecule has 0 radical (unpaired) electrons. The highest BCUT2D eigenvalue weighted by Gasteiger charge is 2.08. The largest absolute Gasteiger partial charge is 0.403 e. The minimum Gasteiger partial charge on any atom is -0.403 e. The van der Waals surface area contributed by atoms with E-state index in [-0.39, 0.29) is 0 Å². The minimum absolute atomic E-state index is 0.298. The average molecular weight is 188 g/mol. The Kier molecular flexibility index (Phi) is 2.27. The molecule has 0 fully saturated rings. The van der Waals surface area contributed by atoms with E-state index in [0.717, 1.165) is 0 Å². The van der Waals surface area contributed by atoms with E-state index in [9.17, 15) is 4.79 Å². The maximum atomic E-state index is 11.4. The van der Waals surface area contributed by atoms with E-state index in [1.54, 1.807) is 42.7 Å². The van der Waals surface area contributed by atoms with Crippen LogP contribution in [0.5, 0.6) is 5.88 Å². The Balaban J connectivity index is 2.10. The fourth-order valence-electron chi connectivity index (χ4n) is 1.01. The van der Waals surface area contributed by atoms with E-state index in [2.05, 4.69) is 9.97 Å². The van der Waals surface area contributed by atoms with Gasteiger partial charge in [0.1, 0.15) is 5.69 Å². The van der Waals surface area contributed by atoms with Crippen LogP contribution in [0, 0.1) is 0 Å². The highest BCUT2D eigenvalue weighted by Crippen LogP contribution is 2.06. The summed E-state index contributed by atoms with van der Waals surface area (Å²) in [6.45, 7) is 0. The van der Waals surface area contributed by atoms with Crippen molar-refractivity contribution in [1.29, 1.82) is 0 Å². The van der Waals surface area contributed by atoms with Gasteiger partial charge in [0, 0.05) is 18.5 Å². The molecule has 0 aromatic carbocycles. The van der Waals surface area contributed by atoms with Crippen LogP contribution < -0.4 is 4.74 Å². The third-order valence-electron chi connectivity index (χ3n) is 1.65. The van der Waals surface area contributed by atoms with Gasteiger partial charge in [0.05, 0.1) is 0 Å². The summed E-state index contributed by atoms with van der Waals surface area (Å²) in [5.41, 5.74) is 0.413. The molecule has 2 aromatic rings. The number of aromatic nitrogens is 2. The summed E-state index contributed by atoms with van der Waals surface area (Å²) in [4.78, 5) is 18.0. The van der Waals surface area contributed by atoms with Gasteiger partial charge in [-0.2, -0.15) is 0 Å². The molecule has 0 saturated carbocycles. The van der Waals surface area contributed by atoms with Gasteiger partial charge in [0.2, 0.25) is 5.88 Å². The SMILES string of the molecule is O=C(Oc1ccccn1)c1ccc[nH]1. The average Bonchev–Trinajstić information content (AvgIpc) is 2.72. The molecule has 4 nitrogen and oxygen atoms in total. The topological polar surface area (TPSA) is 55.0 Å². The molecule has 0 unspecified atom stereocenters. The molecule has 2 heterocycles. The normalized spacial score (nSPS) is 9.71. The number of rotatable bonds is 2. The fourth-order valence-corrected chi connectivity index (χ4v) is 1.01. The summed E-state index contributed by atoms with van der Waals surface area (Å²) in [6.07, 6.45) is 3.23. The maximum absolute atomic E-state index is 11.4. The standard InChI is InChI=1S/C10H8N2O2/c13-10(8-4-3-7-11-8)14-9-5-1-2-6-12-9/h1-7,11H. The van der Waals surface area contributed by atoms with Crippen molar-refractivity contribution in [2.24, 2.45) is 0 Å². The van der Waals surface area contributed by atoms with Gasteiger partial charge in [-0.3, -0.25) is 0 Å². The van der Waals surface area contributed by atoms with E-state index in [1.165, 1.54) is 0 Å². The third kappa shape index (κ3) is 1.80. The van der Waals surface area contributed by atoms with Gasteiger partial charge >= 0.3 is 5.97 Å². The van der Waals surface area contributed by atoms with Gasteiger partial charge in [-0.1, -0.05) is 6.07 Å². The second-order valence-electron chi connectivity index (χ2n) is 2.64. The number of hydrogen-bond donors (Lipinski definition) is 1. The number of hydrogen-bond acceptors (Lipinski definition) is 3. The Hall–Kier alpha value is -2.10. The number of carbonyl (C=O) groups excluding carboxylic acids is 1. The van der Waals surface area contributed by atoms with Crippen LogP contribution in [0.1, 0.15) is 10.5 Å². The number of nitrogens with zero attached hydrogens (tertiary/aromatic N) is 1. The molecule has 0 bridgehead atoms. The van der Waals surface area contributed by atoms with Gasteiger partial charge in [-0.15, -0.1) is 0 Å². The summed E-state index contributed by atoms with van der Waals surface area (Å²) >= 11 is 0. The van der Waals surface area contributed by atoms with Crippen molar-refractivity contribution >= 4 is 5.97 Å². The Morgan fingerprint density at radius 3 is 2.86 bits per heavy atom. The first-order valence-electron chi connectivity index (χ1n) is 4.13. The molecule has 0 aliphatic carbocycles. The first-order chi connectivity index (χ1) is 6.86. The third-order valence-corrected chi connectivity index (χ3v) is 1.65. The van der Waals surface area contributed by atoms with E-state index in [1.807, 2.05) is 0 Å². The van der Waals surface area contributed by atoms with Crippen molar-refractivity contribution in [1.82, 2.24) is 9.97 Å². The van der Waals surface area contributed by atoms with Crippen molar-refractivity contribution in [3.05, 3.63) is 48.4 Å². The molecule has 0 aliphatic heterocycles. The molecule has 70 valence electrons. The Morgan fingerprint density at radius 1 is 1.29 bits per heavy atom. The lowest BCUT2D eigenvalue weighted by Crippen LogP contribution is -2.09. The highest BCUT2D eigenvalue weighted by molar-refractivity contribution is 5.88. The van der Waals surface area contributed by atoms with Gasteiger partial charge in [0.15, 0.2) is 0 Å². The molecule has 0 atom stereocenters. The van der Waals surface area contributed by atoms with E-state index in [0.29, 0.717) is 11.6 Å². The number of esters is 1. The van der Waals surface area contributed by atoms with Crippen molar-refractivity contribution in [3.8, 4) is 5.88 Å². The van der Waals surface area contributed by atoms with E-state index >= 15 is 0 Å². The predicted octanol–water partition coefficient (Wildman–Crippen LogP) is 1.63. The Labute approximate surface area is 80.6 Å². The number of pyridine rings is 1. The summed E-state index contributed by atoms with van der Waals surface area (Å²) in [5.74, 6) is -0.138. The molecular weight excluding hydrogens is 180 g/mol. The zero-order chi connectivity index (χ0) is 9.80. The number of nitrogens with one attached hydrogen (secondary N) is 1. The molecular formula is C10H8N2O2. The lowest BCUT2D eigenvalue weighted by atomic mass is 10.4. The van der Waals surface area contributed by atoms with Crippen molar-refractivity contribution in [2.75, 3.05) is 0 Å². The molecule has 2 rings (SSSR count). The summed E-state index contributed by atoms with van der Waals surface area (Å²) in [7, 11) is 0. The number of ether oxygens (including phenoxy) is 1. The molecule has 0 saturated heterocycles. The fraction of sp³-hybridized carbons (Fsp3) is 0. The lowest BCUT2D eigenvalue weighted by molar-refractivity contribution is 0.0722. The number of H-pyrrole nitrogens is 1. The molecule has 0 aliphatic rings. The molecule has 0 amide bonds. The zero-order valence-electron chi connectivity index (χ0n) is 7.31. The van der Waals surface area contributed by atoms with Crippen LogP contribution in [0.2, 0.25) is 0 Å². The molecule has 0 spiro atoms. The predicted molar refractivity (Wildman–Crippen MR) is 50.0 cm³/mol. The summed E-state index contributed by atoms with van der Waals surface area (Å²) in [5, 5.41) is 0. The minimum atomic E-state index is -0.436. The van der Waals surface area contributed by atoms with Crippen LogP contribution in [0.25, 0.3) is 0 Å². The van der Waals surface area contributed by atoms with E-state index < -0.39 is 5.97 Å². The summed E-state index contributed by atoms with van der Waals surface area (Å²) < 4.78 is 4.98. The van der Waals surface area contributed by atoms with Crippen LogP contribution in [-0.4, -0.2) is 15.9 Å². The lowest BCUT2D eigenvalue weighted by Gasteiger charge is -1.99. The first kappa shape index (κ1) is 8.50. The second-order valence-corrected chi connectivity index (χ2v) is 2.64. The van der Waals surface area contributed by atoms with Crippen LogP contribution in [-0.2, 0) is 0 Å². The monoisotopic (exact) mass is 188 g/mol. The maximum Gasteiger partial charge on any atom is 0.361 e. The van der Waals surface area contributed by atoms with Crippen molar-refractivity contribution in [3.63, 3.8) is 0 Å². The highest BCUT2D eigenvalue weighted by atomic mass is 16.5. The molecule has 2 aromatic heterocycles. The summed E-state index contributed by atoms with van der Waals surface area (Å²) in [6, 6.07) is 8.51. The zero-order valence-corrected chi connectivity index (χ0v) is 7.31. The van der Waals surface area contributed by atoms with Gasteiger partial charge < -0.3 is 9.72 Å². The molecule has 14 heavy (non-hydrogen) atoms. The molecule has 1 N–H and O–H groups in total. The van der Waals surface area contributed by atoms with Gasteiger partial charge in [-0.05, 0) is 18.2 Å². The number of carbonyl (C=O) groups is 1. The van der Waals surface area contributed by atoms with Crippen LogP contribution >= 0.6 is 0 Å². The first-order valence-corrected chi connectivity index (χ1v) is 4.13. The Bertz CT molecular complexity index is 409. The van der Waals surface area contributed by atoms with E-state index in [4.69, 9.17) is 4.74 Å². The van der Waals surface area contributed by atoms with Crippen molar-refractivity contribution < 1.29 is 9.53 Å². The van der Waals surface area contributed by atoms with Gasteiger partial charge in [0.25, 0.3) is 0 Å².